The van der Waals surface area contributed by atoms with Crippen molar-refractivity contribution in [2.75, 3.05) is 25.1 Å². The van der Waals surface area contributed by atoms with E-state index < -0.39 is 0 Å². The minimum Gasteiger partial charge on any atom is -0.381 e. The van der Waals surface area contributed by atoms with Crippen LogP contribution in [0, 0.1) is 6.92 Å². The number of aromatic nitrogens is 4. The van der Waals surface area contributed by atoms with E-state index in [0.717, 1.165) is 37.2 Å². The molecule has 4 N–H and O–H groups in total. The van der Waals surface area contributed by atoms with Crippen molar-refractivity contribution < 1.29 is 9.53 Å². The van der Waals surface area contributed by atoms with Crippen molar-refractivity contribution in [3.8, 4) is 5.82 Å². The van der Waals surface area contributed by atoms with Gasteiger partial charge < -0.3 is 21.1 Å². The Morgan fingerprint density at radius 1 is 1.34 bits per heavy atom. The number of ether oxygens (including phenoxy) is 1. The third-order valence-electron chi connectivity index (χ3n) is 5.35. The van der Waals surface area contributed by atoms with E-state index in [1.165, 1.54) is 0 Å². The Bertz CT molecular complexity index is 1080. The molecule has 1 fully saturated rings. The maximum Gasteiger partial charge on any atom is 0.272 e. The Morgan fingerprint density at radius 2 is 2.16 bits per heavy atom. The summed E-state index contributed by atoms with van der Waals surface area (Å²) in [5.41, 5.74) is 7.84. The van der Waals surface area contributed by atoms with E-state index in [1.54, 1.807) is 35.4 Å². The Morgan fingerprint density at radius 3 is 2.91 bits per heavy atom. The number of benzene rings is 1. The number of halogens is 1. The van der Waals surface area contributed by atoms with Gasteiger partial charge >= 0.3 is 0 Å². The summed E-state index contributed by atoms with van der Waals surface area (Å²) in [6.07, 6.45) is 6.80. The number of nitrogens with one attached hydrogen (secondary N) is 2. The van der Waals surface area contributed by atoms with E-state index in [9.17, 15) is 4.79 Å². The van der Waals surface area contributed by atoms with Gasteiger partial charge in [-0.3, -0.25) is 9.36 Å². The van der Waals surface area contributed by atoms with Gasteiger partial charge in [0, 0.05) is 48.8 Å². The molecule has 0 spiro atoms. The van der Waals surface area contributed by atoms with Gasteiger partial charge in [0.2, 0.25) is 5.95 Å². The highest BCUT2D eigenvalue weighted by Gasteiger charge is 2.19. The quantitative estimate of drug-likeness (QED) is 0.500. The number of rotatable bonds is 7. The third kappa shape index (κ3) is 5.24. The van der Waals surface area contributed by atoms with E-state index >= 15 is 0 Å². The third-order valence-corrected chi connectivity index (χ3v) is 5.59. The van der Waals surface area contributed by atoms with Crippen LogP contribution in [0.3, 0.4) is 0 Å². The van der Waals surface area contributed by atoms with Crippen molar-refractivity contribution in [3.05, 3.63) is 64.8 Å². The first kappa shape index (κ1) is 22.2. The van der Waals surface area contributed by atoms with Crippen LogP contribution in [0.4, 0.5) is 5.95 Å². The van der Waals surface area contributed by atoms with Crippen LogP contribution in [0.5, 0.6) is 0 Å². The molecule has 4 rings (SSSR count). The fourth-order valence-electron chi connectivity index (χ4n) is 3.58. The topological polar surface area (TPSA) is 120 Å². The van der Waals surface area contributed by atoms with E-state index in [0.29, 0.717) is 16.8 Å². The monoisotopic (exact) mass is 455 g/mol. The van der Waals surface area contributed by atoms with Gasteiger partial charge in [0.05, 0.1) is 6.04 Å². The van der Waals surface area contributed by atoms with Crippen LogP contribution in [-0.4, -0.2) is 51.2 Å². The average Bonchev–Trinajstić information content (AvgIpc) is 3.29. The molecule has 3 aromatic rings. The second-order valence-electron chi connectivity index (χ2n) is 7.71. The molecule has 1 aromatic carbocycles. The largest absolute Gasteiger partial charge is 0.381 e. The maximum absolute atomic E-state index is 12.8. The number of hydrogen-bond donors (Lipinski definition) is 3. The molecule has 0 bridgehead atoms. The van der Waals surface area contributed by atoms with Crippen LogP contribution >= 0.6 is 11.6 Å². The van der Waals surface area contributed by atoms with Gasteiger partial charge in [0.15, 0.2) is 0 Å². The zero-order chi connectivity index (χ0) is 22.5. The molecule has 2 aromatic heterocycles. The highest BCUT2D eigenvalue weighted by atomic mass is 35.5. The highest BCUT2D eigenvalue weighted by molar-refractivity contribution is 6.30. The SMILES string of the molecule is Cc1cnc(NC2CCOCC2)nc1-n1cnc(C(=O)NC(CN)c2cccc(Cl)c2)c1. The summed E-state index contributed by atoms with van der Waals surface area (Å²) in [7, 11) is 0. The molecule has 0 radical (unpaired) electrons. The Balaban J connectivity index is 1.49. The lowest BCUT2D eigenvalue weighted by atomic mass is 10.1. The molecule has 1 aliphatic rings. The smallest absolute Gasteiger partial charge is 0.272 e. The minimum absolute atomic E-state index is 0.235. The lowest BCUT2D eigenvalue weighted by Gasteiger charge is -2.23. The van der Waals surface area contributed by atoms with E-state index in [4.69, 9.17) is 22.1 Å². The molecule has 32 heavy (non-hydrogen) atoms. The van der Waals surface area contributed by atoms with Crippen molar-refractivity contribution in [1.29, 1.82) is 0 Å². The molecule has 10 heteroatoms. The van der Waals surface area contributed by atoms with Gasteiger partial charge in [-0.25, -0.2) is 9.97 Å². The van der Waals surface area contributed by atoms with Crippen LogP contribution in [0.1, 0.15) is 40.5 Å². The second kappa shape index (κ2) is 10.1. The zero-order valence-electron chi connectivity index (χ0n) is 17.8. The Kier molecular flexibility index (Phi) is 6.99. The molecular formula is C22H26ClN7O2. The van der Waals surface area contributed by atoms with Crippen LogP contribution in [-0.2, 0) is 4.74 Å². The van der Waals surface area contributed by atoms with E-state index in [1.807, 2.05) is 19.1 Å². The second-order valence-corrected chi connectivity index (χ2v) is 8.15. The van der Waals surface area contributed by atoms with Gasteiger partial charge in [-0.15, -0.1) is 0 Å². The first-order valence-electron chi connectivity index (χ1n) is 10.5. The Hall–Kier alpha value is -3.01. The molecule has 168 valence electrons. The number of anilines is 1. The number of nitrogens with zero attached hydrogens (tertiary/aromatic N) is 4. The number of aryl methyl sites for hydroxylation is 1. The van der Waals surface area contributed by atoms with Gasteiger partial charge in [-0.1, -0.05) is 23.7 Å². The zero-order valence-corrected chi connectivity index (χ0v) is 18.5. The molecule has 3 heterocycles. The number of nitrogens with two attached hydrogens (primary N) is 1. The molecular weight excluding hydrogens is 430 g/mol. The lowest BCUT2D eigenvalue weighted by Crippen LogP contribution is -2.33. The highest BCUT2D eigenvalue weighted by Crippen LogP contribution is 2.19. The first-order chi connectivity index (χ1) is 15.5. The number of amides is 1. The number of carbonyl (C=O) groups is 1. The summed E-state index contributed by atoms with van der Waals surface area (Å²) in [4.78, 5) is 26.1. The molecule has 1 aliphatic heterocycles. The van der Waals surface area contributed by atoms with Crippen LogP contribution in [0.2, 0.25) is 5.02 Å². The van der Waals surface area contributed by atoms with Gasteiger partial charge in [0.25, 0.3) is 5.91 Å². The molecule has 1 saturated heterocycles. The van der Waals surface area contributed by atoms with E-state index in [2.05, 4.69) is 25.6 Å². The number of carbonyl (C=O) groups excluding carboxylic acids is 1. The van der Waals surface area contributed by atoms with Crippen molar-refractivity contribution in [2.45, 2.75) is 31.8 Å². The van der Waals surface area contributed by atoms with Crippen molar-refractivity contribution in [2.24, 2.45) is 5.73 Å². The van der Waals surface area contributed by atoms with Crippen molar-refractivity contribution in [1.82, 2.24) is 24.8 Å². The molecule has 1 amide bonds. The molecule has 0 saturated carbocycles. The van der Waals surface area contributed by atoms with Gasteiger partial charge in [-0.2, -0.15) is 4.98 Å². The fourth-order valence-corrected chi connectivity index (χ4v) is 3.78. The molecule has 1 unspecified atom stereocenters. The van der Waals surface area contributed by atoms with Crippen LogP contribution in [0.15, 0.2) is 43.0 Å². The summed E-state index contributed by atoms with van der Waals surface area (Å²) in [6.45, 7) is 3.61. The standard InChI is InChI=1S/C22H26ClN7O2/c1-14-11-25-22(27-17-5-7-32-8-6-17)29-20(14)30-12-19(26-13-30)21(31)28-18(10-24)15-3-2-4-16(23)9-15/h2-4,9,11-13,17-18H,5-8,10,24H2,1H3,(H,28,31)(H,25,27,29). The van der Waals surface area contributed by atoms with Crippen LogP contribution < -0.4 is 16.4 Å². The van der Waals surface area contributed by atoms with Gasteiger partial charge in [-0.05, 0) is 37.5 Å². The predicted molar refractivity (Wildman–Crippen MR) is 122 cm³/mol. The molecule has 1 atom stereocenters. The predicted octanol–water partition coefficient (Wildman–Crippen LogP) is 2.64. The number of imidazole rings is 1. The maximum atomic E-state index is 12.8. The summed E-state index contributed by atoms with van der Waals surface area (Å²) >= 11 is 6.07. The van der Waals surface area contributed by atoms with Crippen LogP contribution in [0.25, 0.3) is 5.82 Å². The fraction of sp³-hybridized carbons (Fsp3) is 0.364. The first-order valence-corrected chi connectivity index (χ1v) is 10.9. The Labute approximate surface area is 191 Å². The average molecular weight is 456 g/mol. The minimum atomic E-state index is -0.373. The summed E-state index contributed by atoms with van der Waals surface area (Å²) in [5.74, 6) is 0.874. The number of hydrogen-bond acceptors (Lipinski definition) is 7. The normalized spacial score (nSPS) is 15.3. The molecule has 9 nitrogen and oxygen atoms in total. The summed E-state index contributed by atoms with van der Waals surface area (Å²) in [6, 6.07) is 7.17. The summed E-state index contributed by atoms with van der Waals surface area (Å²) < 4.78 is 7.12. The van der Waals surface area contributed by atoms with Crippen molar-refractivity contribution in [3.63, 3.8) is 0 Å². The van der Waals surface area contributed by atoms with Crippen molar-refractivity contribution >= 4 is 23.5 Å². The lowest BCUT2D eigenvalue weighted by molar-refractivity contribution is 0.0903. The van der Waals surface area contributed by atoms with E-state index in [-0.39, 0.29) is 30.2 Å². The summed E-state index contributed by atoms with van der Waals surface area (Å²) in [5, 5.41) is 6.87. The molecule has 0 aliphatic carbocycles. The van der Waals surface area contributed by atoms with Gasteiger partial charge in [0.1, 0.15) is 17.8 Å².